The van der Waals surface area contributed by atoms with Crippen LogP contribution in [-0.4, -0.2) is 11.5 Å². The van der Waals surface area contributed by atoms with Crippen LogP contribution >= 0.6 is 0 Å². The molecule has 0 spiro atoms. The molecular weight excluding hydrogens is 214 g/mol. The minimum Gasteiger partial charge on any atom is -0.481 e. The summed E-state index contributed by atoms with van der Waals surface area (Å²) in [7, 11) is 0. The molecule has 0 unspecified atom stereocenters. The molecule has 1 amide bonds. The number of hydrogen-bond donors (Lipinski definition) is 0. The first kappa shape index (κ1) is 10.1. The summed E-state index contributed by atoms with van der Waals surface area (Å²) in [6, 6.07) is 7.48. The van der Waals surface area contributed by atoms with Crippen molar-refractivity contribution in [3.8, 4) is 0 Å². The monoisotopic (exact) mass is 225 g/mol. The summed E-state index contributed by atoms with van der Waals surface area (Å²) in [5, 5.41) is 1.52. The molecule has 3 heteroatoms. The summed E-state index contributed by atoms with van der Waals surface area (Å²) in [5.74, 6) is 0.304. The first-order valence-corrected chi connectivity index (χ1v) is 5.46. The lowest BCUT2D eigenvalue weighted by atomic mass is 10.0. The molecule has 1 aromatic carbocycles. The van der Waals surface area contributed by atoms with E-state index in [4.69, 9.17) is 4.74 Å². The third kappa shape index (κ3) is 1.52. The molecule has 3 nitrogen and oxygen atoms in total. The van der Waals surface area contributed by atoms with Gasteiger partial charge in [0.05, 0.1) is 5.36 Å². The van der Waals surface area contributed by atoms with Crippen LogP contribution in [0.1, 0.15) is 13.8 Å². The molecule has 2 heterocycles. The van der Waals surface area contributed by atoms with Crippen molar-refractivity contribution in [3.05, 3.63) is 52.2 Å². The van der Waals surface area contributed by atoms with Crippen molar-refractivity contribution >= 4 is 11.7 Å². The van der Waals surface area contributed by atoms with E-state index in [1.54, 1.807) is 6.08 Å². The molecule has 0 saturated heterocycles. The average Bonchev–Trinajstić information content (AvgIpc) is 2.28. The molecule has 0 fully saturated rings. The van der Waals surface area contributed by atoms with Crippen LogP contribution in [0.2, 0.25) is 0 Å². The van der Waals surface area contributed by atoms with Gasteiger partial charge in [-0.2, -0.15) is 0 Å². The fourth-order valence-electron chi connectivity index (χ4n) is 1.93. The van der Waals surface area contributed by atoms with E-state index in [0.29, 0.717) is 16.7 Å². The standard InChI is InChI=1S/C14H11NO2/c1-14(2)8-7-10-12(17-14)9-5-3-4-6-11(9)15-13(10)16/h3-6,8H,1-2H3. The van der Waals surface area contributed by atoms with Crippen LogP contribution in [0.15, 0.2) is 46.6 Å². The maximum atomic E-state index is 11.8. The van der Waals surface area contributed by atoms with Crippen LogP contribution in [0, 0.1) is 0 Å². The van der Waals surface area contributed by atoms with Gasteiger partial charge >= 0.3 is 0 Å². The number of ether oxygens (including phenoxy) is 1. The molecule has 3 rings (SSSR count). The van der Waals surface area contributed by atoms with Crippen molar-refractivity contribution in [2.75, 3.05) is 0 Å². The van der Waals surface area contributed by atoms with Gasteiger partial charge in [0.25, 0.3) is 5.91 Å². The van der Waals surface area contributed by atoms with E-state index in [2.05, 4.69) is 10.7 Å². The zero-order chi connectivity index (χ0) is 12.0. The predicted molar refractivity (Wildman–Crippen MR) is 62.4 cm³/mol. The summed E-state index contributed by atoms with van der Waals surface area (Å²) in [6.45, 7) is 3.87. The Morgan fingerprint density at radius 2 is 2.06 bits per heavy atom. The lowest BCUT2D eigenvalue weighted by Gasteiger charge is -2.27. The Morgan fingerprint density at radius 1 is 1.29 bits per heavy atom. The van der Waals surface area contributed by atoms with E-state index in [1.165, 1.54) is 0 Å². The van der Waals surface area contributed by atoms with Gasteiger partial charge in [0, 0.05) is 11.3 Å². The largest absolute Gasteiger partial charge is 0.481 e. The van der Waals surface area contributed by atoms with E-state index in [9.17, 15) is 4.79 Å². The number of benzene rings is 1. The molecule has 1 aromatic rings. The van der Waals surface area contributed by atoms with Gasteiger partial charge in [0.15, 0.2) is 5.76 Å². The topological polar surface area (TPSA) is 38.7 Å². The van der Waals surface area contributed by atoms with Crippen molar-refractivity contribution < 1.29 is 9.53 Å². The number of para-hydroxylation sites is 1. The molecule has 2 aliphatic heterocycles. The SMILES string of the molecule is CC1(C)C=C=C2C(=O)N=c3ccccc3=C2O1. The lowest BCUT2D eigenvalue weighted by molar-refractivity contribution is -0.114. The second-order valence-corrected chi connectivity index (χ2v) is 4.63. The van der Waals surface area contributed by atoms with Gasteiger partial charge in [-0.15, -0.1) is 5.73 Å². The van der Waals surface area contributed by atoms with Gasteiger partial charge in [-0.25, -0.2) is 4.99 Å². The summed E-state index contributed by atoms with van der Waals surface area (Å²) in [6.07, 6.45) is 1.76. The number of nitrogens with zero attached hydrogens (tertiary/aromatic N) is 1. The molecule has 0 aromatic heterocycles. The third-order valence-electron chi connectivity index (χ3n) is 2.74. The zero-order valence-corrected chi connectivity index (χ0v) is 9.65. The molecule has 17 heavy (non-hydrogen) atoms. The minimum absolute atomic E-state index is 0.287. The van der Waals surface area contributed by atoms with Crippen molar-refractivity contribution in [2.45, 2.75) is 19.4 Å². The van der Waals surface area contributed by atoms with Gasteiger partial charge < -0.3 is 4.74 Å². The van der Waals surface area contributed by atoms with E-state index in [1.807, 2.05) is 38.1 Å². The summed E-state index contributed by atoms with van der Waals surface area (Å²) >= 11 is 0. The highest BCUT2D eigenvalue weighted by Crippen LogP contribution is 2.26. The Balaban J connectivity index is 2.46. The lowest BCUT2D eigenvalue weighted by Crippen LogP contribution is -2.38. The fourth-order valence-corrected chi connectivity index (χ4v) is 1.93. The first-order chi connectivity index (χ1) is 8.07. The smallest absolute Gasteiger partial charge is 0.289 e. The molecule has 0 aliphatic carbocycles. The van der Waals surface area contributed by atoms with Crippen molar-refractivity contribution in [3.63, 3.8) is 0 Å². The Kier molecular flexibility index (Phi) is 1.89. The van der Waals surface area contributed by atoms with Crippen molar-refractivity contribution in [1.82, 2.24) is 0 Å². The van der Waals surface area contributed by atoms with Crippen LogP contribution in [0.3, 0.4) is 0 Å². The molecule has 0 N–H and O–H groups in total. The quantitative estimate of drug-likeness (QED) is 0.614. The molecule has 0 bridgehead atoms. The van der Waals surface area contributed by atoms with Gasteiger partial charge in [-0.1, -0.05) is 12.1 Å². The van der Waals surface area contributed by atoms with E-state index >= 15 is 0 Å². The Bertz CT molecular complexity index is 704. The normalized spacial score (nSPS) is 19.8. The third-order valence-corrected chi connectivity index (χ3v) is 2.74. The number of hydrogen-bond acceptors (Lipinski definition) is 2. The predicted octanol–water partition coefficient (Wildman–Crippen LogP) is 0.845. The number of carbonyl (C=O) groups is 1. The van der Waals surface area contributed by atoms with Gasteiger partial charge in [-0.05, 0) is 26.0 Å². The Hall–Kier alpha value is -2.12. The van der Waals surface area contributed by atoms with Crippen LogP contribution < -0.4 is 10.6 Å². The van der Waals surface area contributed by atoms with E-state index in [-0.39, 0.29) is 5.91 Å². The fraction of sp³-hybridized carbons (Fsp3) is 0.214. The molecule has 0 atom stereocenters. The zero-order valence-electron chi connectivity index (χ0n) is 9.65. The van der Waals surface area contributed by atoms with Crippen LogP contribution in [0.5, 0.6) is 0 Å². The van der Waals surface area contributed by atoms with E-state index < -0.39 is 5.60 Å². The molecule has 2 aliphatic rings. The second kappa shape index (κ2) is 3.19. The summed E-state index contributed by atoms with van der Waals surface area (Å²) in [4.78, 5) is 15.8. The van der Waals surface area contributed by atoms with Crippen LogP contribution in [0.25, 0.3) is 5.76 Å². The highest BCUT2D eigenvalue weighted by atomic mass is 16.5. The van der Waals surface area contributed by atoms with E-state index in [0.717, 1.165) is 5.22 Å². The summed E-state index contributed by atoms with van der Waals surface area (Å²) in [5.41, 5.74) is 2.97. The average molecular weight is 225 g/mol. The maximum Gasteiger partial charge on any atom is 0.289 e. The van der Waals surface area contributed by atoms with Crippen molar-refractivity contribution in [1.29, 1.82) is 0 Å². The number of fused-ring (bicyclic) bond motifs is 2. The van der Waals surface area contributed by atoms with Gasteiger partial charge in [-0.3, -0.25) is 4.79 Å². The highest BCUT2D eigenvalue weighted by molar-refractivity contribution is 6.05. The highest BCUT2D eigenvalue weighted by Gasteiger charge is 2.29. The van der Waals surface area contributed by atoms with Crippen LogP contribution in [-0.2, 0) is 9.53 Å². The number of carbonyl (C=O) groups excluding carboxylic acids is 1. The Morgan fingerprint density at radius 3 is 2.88 bits per heavy atom. The molecule has 0 saturated carbocycles. The van der Waals surface area contributed by atoms with Gasteiger partial charge in [0.2, 0.25) is 0 Å². The second-order valence-electron chi connectivity index (χ2n) is 4.63. The molecular formula is C14H11NO2. The Labute approximate surface area is 98.4 Å². The maximum absolute atomic E-state index is 11.8. The van der Waals surface area contributed by atoms with Crippen LogP contribution in [0.4, 0.5) is 0 Å². The van der Waals surface area contributed by atoms with Gasteiger partial charge in [0.1, 0.15) is 11.2 Å². The molecule has 84 valence electrons. The summed E-state index contributed by atoms with van der Waals surface area (Å²) < 4.78 is 5.86. The first-order valence-electron chi connectivity index (χ1n) is 5.46. The number of rotatable bonds is 0. The van der Waals surface area contributed by atoms with Crippen molar-refractivity contribution in [2.24, 2.45) is 4.99 Å². The molecule has 0 radical (unpaired) electrons. The number of amides is 1. The minimum atomic E-state index is -0.441.